The van der Waals surface area contributed by atoms with E-state index in [-0.39, 0.29) is 18.0 Å². The number of hydrogen-bond donors (Lipinski definition) is 1. The molecule has 160 valence electrons. The second kappa shape index (κ2) is 8.97. The average Bonchev–Trinajstić information content (AvgIpc) is 3.52. The summed E-state index contributed by atoms with van der Waals surface area (Å²) in [6, 6.07) is 3.93. The smallest absolute Gasteiger partial charge is 0.263 e. The van der Waals surface area contributed by atoms with Gasteiger partial charge >= 0.3 is 0 Å². The number of carbonyl (C=O) groups is 1. The van der Waals surface area contributed by atoms with Crippen LogP contribution in [0.3, 0.4) is 0 Å². The topological polar surface area (TPSA) is 89.3 Å². The molecule has 0 unspecified atom stereocenters. The van der Waals surface area contributed by atoms with Crippen LogP contribution in [-0.4, -0.2) is 51.6 Å². The SMILES string of the molecule is O=C(Cn1cnc2scc(-c3cccs3)c2c1=O)Nc1nc(CN2CCOCC2)cs1. The van der Waals surface area contributed by atoms with E-state index in [1.165, 1.54) is 33.6 Å². The fraction of sp³-hybridized carbons (Fsp3) is 0.300. The van der Waals surface area contributed by atoms with Crippen molar-refractivity contribution in [1.82, 2.24) is 19.4 Å². The molecule has 11 heteroatoms. The van der Waals surface area contributed by atoms with Crippen LogP contribution in [0.1, 0.15) is 5.69 Å². The van der Waals surface area contributed by atoms with Gasteiger partial charge in [0, 0.05) is 40.8 Å². The summed E-state index contributed by atoms with van der Waals surface area (Å²) in [5, 5.41) is 9.76. The number of morpholine rings is 1. The molecule has 1 aliphatic rings. The summed E-state index contributed by atoms with van der Waals surface area (Å²) < 4.78 is 6.71. The van der Waals surface area contributed by atoms with Crippen LogP contribution in [0.15, 0.2) is 39.4 Å². The molecule has 4 aromatic rings. The third-order valence-electron chi connectivity index (χ3n) is 4.95. The fourth-order valence-electron chi connectivity index (χ4n) is 3.43. The van der Waals surface area contributed by atoms with E-state index in [9.17, 15) is 9.59 Å². The number of hydrogen-bond acceptors (Lipinski definition) is 9. The molecule has 8 nitrogen and oxygen atoms in total. The van der Waals surface area contributed by atoms with Crippen LogP contribution in [-0.2, 0) is 22.6 Å². The molecule has 1 fully saturated rings. The van der Waals surface area contributed by atoms with E-state index in [1.54, 1.807) is 11.3 Å². The van der Waals surface area contributed by atoms with Crippen LogP contribution in [0.5, 0.6) is 0 Å². The third kappa shape index (κ3) is 4.46. The van der Waals surface area contributed by atoms with Gasteiger partial charge in [-0.05, 0) is 11.4 Å². The molecule has 0 atom stereocenters. The highest BCUT2D eigenvalue weighted by molar-refractivity contribution is 7.18. The molecule has 0 bridgehead atoms. The molecule has 1 aliphatic heterocycles. The molecule has 1 amide bonds. The van der Waals surface area contributed by atoms with Crippen molar-refractivity contribution in [3.05, 3.63) is 50.6 Å². The standard InChI is InChI=1S/C20H19N5O3S3/c26-16(23-20-22-13(10-31-20)8-24-3-5-28-6-4-24)9-25-12-21-18-17(19(25)27)14(11-30-18)15-2-1-7-29-15/h1-2,7,10-12H,3-6,8-9H2,(H,22,23,26). The van der Waals surface area contributed by atoms with Gasteiger partial charge < -0.3 is 10.1 Å². The lowest BCUT2D eigenvalue weighted by molar-refractivity contribution is -0.116. The number of rotatable bonds is 6. The van der Waals surface area contributed by atoms with Gasteiger partial charge in [0.1, 0.15) is 11.4 Å². The molecule has 1 saturated heterocycles. The molecular formula is C20H19N5O3S3. The van der Waals surface area contributed by atoms with E-state index in [1.807, 2.05) is 28.3 Å². The summed E-state index contributed by atoms with van der Waals surface area (Å²) in [7, 11) is 0. The van der Waals surface area contributed by atoms with Crippen LogP contribution in [0.25, 0.3) is 20.7 Å². The van der Waals surface area contributed by atoms with Gasteiger partial charge in [0.05, 0.1) is 30.6 Å². The number of thiophene rings is 2. The predicted molar refractivity (Wildman–Crippen MR) is 124 cm³/mol. The Hall–Kier alpha value is -2.44. The maximum Gasteiger partial charge on any atom is 0.263 e. The number of anilines is 1. The summed E-state index contributed by atoms with van der Waals surface area (Å²) in [6.07, 6.45) is 1.44. The van der Waals surface area contributed by atoms with Crippen molar-refractivity contribution < 1.29 is 9.53 Å². The Morgan fingerprint density at radius 1 is 1.19 bits per heavy atom. The summed E-state index contributed by atoms with van der Waals surface area (Å²) in [5.74, 6) is -0.302. The summed E-state index contributed by atoms with van der Waals surface area (Å²) in [6.45, 7) is 3.86. The normalized spacial score (nSPS) is 14.8. The molecule has 31 heavy (non-hydrogen) atoms. The largest absolute Gasteiger partial charge is 0.379 e. The number of thiazole rings is 1. The van der Waals surface area contributed by atoms with Crippen molar-refractivity contribution in [2.45, 2.75) is 13.1 Å². The average molecular weight is 474 g/mol. The Bertz CT molecular complexity index is 1250. The summed E-state index contributed by atoms with van der Waals surface area (Å²) in [5.41, 5.74) is 1.58. The number of aromatic nitrogens is 3. The van der Waals surface area contributed by atoms with Crippen molar-refractivity contribution in [3.8, 4) is 10.4 Å². The maximum atomic E-state index is 13.0. The number of ether oxygens (including phenoxy) is 1. The molecule has 1 N–H and O–H groups in total. The highest BCUT2D eigenvalue weighted by Crippen LogP contribution is 2.33. The lowest BCUT2D eigenvalue weighted by atomic mass is 10.2. The van der Waals surface area contributed by atoms with Gasteiger partial charge in [0.25, 0.3) is 5.56 Å². The third-order valence-corrected chi connectivity index (χ3v) is 7.54. The number of amides is 1. The first-order valence-corrected chi connectivity index (χ1v) is 12.4. The highest BCUT2D eigenvalue weighted by atomic mass is 32.1. The van der Waals surface area contributed by atoms with Crippen molar-refractivity contribution in [3.63, 3.8) is 0 Å². The van der Waals surface area contributed by atoms with Gasteiger partial charge in [0.2, 0.25) is 5.91 Å². The van der Waals surface area contributed by atoms with Crippen LogP contribution in [0.4, 0.5) is 5.13 Å². The Kier molecular flexibility index (Phi) is 5.92. The Morgan fingerprint density at radius 2 is 2.06 bits per heavy atom. The summed E-state index contributed by atoms with van der Waals surface area (Å²) >= 11 is 4.39. The molecular weight excluding hydrogens is 454 g/mol. The molecule has 0 spiro atoms. The first-order chi connectivity index (χ1) is 15.2. The second-order valence-electron chi connectivity index (χ2n) is 7.07. The van der Waals surface area contributed by atoms with Gasteiger partial charge in [-0.3, -0.25) is 19.1 Å². The zero-order chi connectivity index (χ0) is 21.2. The first kappa shape index (κ1) is 20.5. The fourth-order valence-corrected chi connectivity index (χ4v) is 5.87. The number of nitrogens with zero attached hydrogens (tertiary/aromatic N) is 4. The maximum absolute atomic E-state index is 13.0. The Balaban J connectivity index is 1.29. The lowest BCUT2D eigenvalue weighted by Gasteiger charge is -2.25. The van der Waals surface area contributed by atoms with E-state index >= 15 is 0 Å². The molecule has 5 heterocycles. The number of fused-ring (bicyclic) bond motifs is 1. The van der Waals surface area contributed by atoms with Gasteiger partial charge in [-0.2, -0.15) is 0 Å². The van der Waals surface area contributed by atoms with Crippen molar-refractivity contribution in [2.24, 2.45) is 0 Å². The Labute approximate surface area is 189 Å². The van der Waals surface area contributed by atoms with Crippen LogP contribution >= 0.6 is 34.0 Å². The van der Waals surface area contributed by atoms with Crippen LogP contribution in [0.2, 0.25) is 0 Å². The van der Waals surface area contributed by atoms with Crippen LogP contribution in [0, 0.1) is 0 Å². The van der Waals surface area contributed by atoms with Crippen LogP contribution < -0.4 is 10.9 Å². The number of nitrogens with one attached hydrogen (secondary N) is 1. The first-order valence-electron chi connectivity index (χ1n) is 9.72. The zero-order valence-corrected chi connectivity index (χ0v) is 18.9. The zero-order valence-electron chi connectivity index (χ0n) is 16.4. The van der Waals surface area contributed by atoms with E-state index in [0.717, 1.165) is 49.0 Å². The minimum absolute atomic E-state index is 0.111. The summed E-state index contributed by atoms with van der Waals surface area (Å²) in [4.78, 5) is 38.5. The molecule has 0 aromatic carbocycles. The van der Waals surface area contributed by atoms with Gasteiger partial charge in [-0.25, -0.2) is 9.97 Å². The minimum atomic E-state index is -0.302. The van der Waals surface area contributed by atoms with E-state index in [4.69, 9.17) is 4.74 Å². The van der Waals surface area contributed by atoms with Gasteiger partial charge in [0.15, 0.2) is 5.13 Å². The second-order valence-corrected chi connectivity index (χ2v) is 9.73. The van der Waals surface area contributed by atoms with Gasteiger partial charge in [-0.15, -0.1) is 34.0 Å². The minimum Gasteiger partial charge on any atom is -0.379 e. The van der Waals surface area contributed by atoms with E-state index in [0.29, 0.717) is 15.3 Å². The highest BCUT2D eigenvalue weighted by Gasteiger charge is 2.17. The Morgan fingerprint density at radius 3 is 2.87 bits per heavy atom. The predicted octanol–water partition coefficient (Wildman–Crippen LogP) is 3.11. The monoisotopic (exact) mass is 473 g/mol. The molecule has 4 aromatic heterocycles. The van der Waals surface area contributed by atoms with E-state index in [2.05, 4.69) is 20.2 Å². The number of carbonyl (C=O) groups excluding carboxylic acids is 1. The van der Waals surface area contributed by atoms with Crippen molar-refractivity contribution in [2.75, 3.05) is 31.6 Å². The van der Waals surface area contributed by atoms with E-state index < -0.39 is 0 Å². The lowest BCUT2D eigenvalue weighted by Crippen LogP contribution is -2.35. The molecule has 0 aliphatic carbocycles. The van der Waals surface area contributed by atoms with Gasteiger partial charge in [-0.1, -0.05) is 6.07 Å². The molecule has 0 radical (unpaired) electrons. The molecule has 0 saturated carbocycles. The van der Waals surface area contributed by atoms with Crippen molar-refractivity contribution >= 4 is 55.3 Å². The molecule has 5 rings (SSSR count). The van der Waals surface area contributed by atoms with Crippen molar-refractivity contribution in [1.29, 1.82) is 0 Å². The quantitative estimate of drug-likeness (QED) is 0.463.